The lowest BCUT2D eigenvalue weighted by molar-refractivity contribution is 0.0527. The molecule has 0 aliphatic carbocycles. The number of carbonyl (C=O) groups is 2. The van der Waals surface area contributed by atoms with Gasteiger partial charge in [-0.2, -0.15) is 0 Å². The second-order valence-electron chi connectivity index (χ2n) is 6.09. The Morgan fingerprint density at radius 2 is 2.00 bits per heavy atom. The van der Waals surface area contributed by atoms with Gasteiger partial charge < -0.3 is 10.1 Å². The standard InChI is InChI=1S/C19H21N3O3S/c1-6-25-19(24)14-11(3)13(5)26-18(14)21-17(23)15-12(4)20-16-10(2)8-7-9-22(15)16/h7-9H,6H2,1-5H3,(H,21,23). The highest BCUT2D eigenvalue weighted by molar-refractivity contribution is 7.16. The molecule has 0 saturated heterocycles. The van der Waals surface area contributed by atoms with Crippen LogP contribution in [0.3, 0.4) is 0 Å². The van der Waals surface area contributed by atoms with Crippen molar-refractivity contribution in [1.29, 1.82) is 0 Å². The Hall–Kier alpha value is -2.67. The fraction of sp³-hybridized carbons (Fsp3) is 0.316. The maximum absolute atomic E-state index is 13.0. The average molecular weight is 371 g/mol. The summed E-state index contributed by atoms with van der Waals surface area (Å²) in [4.78, 5) is 30.7. The Morgan fingerprint density at radius 1 is 1.27 bits per heavy atom. The summed E-state index contributed by atoms with van der Waals surface area (Å²) in [5.41, 5.74) is 4.09. The molecule has 0 saturated carbocycles. The summed E-state index contributed by atoms with van der Waals surface area (Å²) in [5.74, 6) is -0.720. The van der Waals surface area contributed by atoms with Crippen molar-refractivity contribution in [3.63, 3.8) is 0 Å². The predicted molar refractivity (Wildman–Crippen MR) is 102 cm³/mol. The highest BCUT2D eigenvalue weighted by Crippen LogP contribution is 2.33. The minimum atomic E-state index is -0.421. The third-order valence-corrected chi connectivity index (χ3v) is 5.45. The molecule has 7 heteroatoms. The highest BCUT2D eigenvalue weighted by atomic mass is 32.1. The van der Waals surface area contributed by atoms with Crippen molar-refractivity contribution in [2.45, 2.75) is 34.6 Å². The molecule has 1 amide bonds. The summed E-state index contributed by atoms with van der Waals surface area (Å²) >= 11 is 1.37. The van der Waals surface area contributed by atoms with Gasteiger partial charge in [0.05, 0.1) is 17.9 Å². The van der Waals surface area contributed by atoms with Crippen LogP contribution in [0.4, 0.5) is 5.00 Å². The summed E-state index contributed by atoms with van der Waals surface area (Å²) in [7, 11) is 0. The van der Waals surface area contributed by atoms with Crippen molar-refractivity contribution in [1.82, 2.24) is 9.38 Å². The number of anilines is 1. The normalized spacial score (nSPS) is 11.0. The van der Waals surface area contributed by atoms with Gasteiger partial charge in [0.1, 0.15) is 16.3 Å². The molecule has 3 aromatic rings. The molecule has 3 rings (SSSR count). The number of pyridine rings is 1. The van der Waals surface area contributed by atoms with Crippen LogP contribution in [0.25, 0.3) is 5.65 Å². The molecule has 3 heterocycles. The summed E-state index contributed by atoms with van der Waals surface area (Å²) < 4.78 is 6.92. The minimum Gasteiger partial charge on any atom is -0.462 e. The van der Waals surface area contributed by atoms with E-state index < -0.39 is 5.97 Å². The van der Waals surface area contributed by atoms with E-state index in [0.717, 1.165) is 21.7 Å². The summed E-state index contributed by atoms with van der Waals surface area (Å²) in [6.07, 6.45) is 1.81. The van der Waals surface area contributed by atoms with Crippen LogP contribution in [0.2, 0.25) is 0 Å². The van der Waals surface area contributed by atoms with Crippen LogP contribution < -0.4 is 5.32 Å². The van der Waals surface area contributed by atoms with Crippen molar-refractivity contribution < 1.29 is 14.3 Å². The Morgan fingerprint density at radius 3 is 2.69 bits per heavy atom. The molecule has 0 aliphatic rings. The van der Waals surface area contributed by atoms with Crippen LogP contribution in [-0.4, -0.2) is 27.9 Å². The second-order valence-corrected chi connectivity index (χ2v) is 7.32. The summed E-state index contributed by atoms with van der Waals surface area (Å²) in [6.45, 7) is 9.58. The fourth-order valence-electron chi connectivity index (χ4n) is 2.92. The van der Waals surface area contributed by atoms with Crippen LogP contribution >= 0.6 is 11.3 Å². The SMILES string of the molecule is CCOC(=O)c1c(NC(=O)c2c(C)nc3c(C)cccn23)sc(C)c1C. The molecule has 3 aromatic heterocycles. The Labute approximate surface area is 155 Å². The molecule has 136 valence electrons. The van der Waals surface area contributed by atoms with Crippen molar-refractivity contribution in [3.05, 3.63) is 51.3 Å². The molecular weight excluding hydrogens is 350 g/mol. The zero-order valence-electron chi connectivity index (χ0n) is 15.5. The Bertz CT molecular complexity index is 1020. The van der Waals surface area contributed by atoms with Crippen molar-refractivity contribution >= 4 is 33.9 Å². The van der Waals surface area contributed by atoms with E-state index in [4.69, 9.17) is 4.74 Å². The smallest absolute Gasteiger partial charge is 0.341 e. The first kappa shape index (κ1) is 18.1. The first-order valence-corrected chi connectivity index (χ1v) is 9.19. The van der Waals surface area contributed by atoms with Gasteiger partial charge in [0.25, 0.3) is 5.91 Å². The van der Waals surface area contributed by atoms with E-state index in [1.165, 1.54) is 11.3 Å². The number of thiophene rings is 1. The number of rotatable bonds is 4. The fourth-order valence-corrected chi connectivity index (χ4v) is 3.96. The predicted octanol–water partition coefficient (Wildman–Crippen LogP) is 4.06. The highest BCUT2D eigenvalue weighted by Gasteiger charge is 2.24. The van der Waals surface area contributed by atoms with Crippen molar-refractivity contribution in [2.24, 2.45) is 0 Å². The number of carbonyl (C=O) groups excluding carboxylic acids is 2. The zero-order chi connectivity index (χ0) is 19.0. The molecule has 0 radical (unpaired) electrons. The third kappa shape index (κ3) is 2.99. The zero-order valence-corrected chi connectivity index (χ0v) is 16.3. The molecule has 6 nitrogen and oxygen atoms in total. The van der Waals surface area contributed by atoms with E-state index in [1.54, 1.807) is 18.2 Å². The van der Waals surface area contributed by atoms with Gasteiger partial charge in [-0.25, -0.2) is 9.78 Å². The largest absolute Gasteiger partial charge is 0.462 e. The number of nitrogens with one attached hydrogen (secondary N) is 1. The van der Waals surface area contributed by atoms with Gasteiger partial charge >= 0.3 is 5.97 Å². The van der Waals surface area contributed by atoms with Crippen LogP contribution in [0.1, 0.15) is 49.5 Å². The molecule has 0 atom stereocenters. The van der Waals surface area contributed by atoms with Crippen molar-refractivity contribution in [2.75, 3.05) is 11.9 Å². The van der Waals surface area contributed by atoms with Gasteiger partial charge in [0.15, 0.2) is 0 Å². The van der Waals surface area contributed by atoms with Crippen LogP contribution in [0, 0.1) is 27.7 Å². The Balaban J connectivity index is 2.02. The maximum Gasteiger partial charge on any atom is 0.341 e. The Kier molecular flexibility index (Phi) is 4.82. The van der Waals surface area contributed by atoms with E-state index in [0.29, 0.717) is 22.0 Å². The van der Waals surface area contributed by atoms with E-state index in [9.17, 15) is 9.59 Å². The summed E-state index contributed by atoms with van der Waals surface area (Å²) in [6, 6.07) is 3.83. The number of imidazole rings is 1. The monoisotopic (exact) mass is 371 g/mol. The molecule has 1 N–H and O–H groups in total. The van der Waals surface area contributed by atoms with E-state index >= 15 is 0 Å². The lowest BCUT2D eigenvalue weighted by Crippen LogP contribution is -2.17. The van der Waals surface area contributed by atoms with E-state index in [2.05, 4.69) is 10.3 Å². The number of nitrogens with zero attached hydrogens (tertiary/aromatic N) is 2. The van der Waals surface area contributed by atoms with Gasteiger partial charge in [-0.3, -0.25) is 9.20 Å². The summed E-state index contributed by atoms with van der Waals surface area (Å²) in [5, 5.41) is 3.39. The van der Waals surface area contributed by atoms with Gasteiger partial charge in [0, 0.05) is 11.1 Å². The number of ether oxygens (including phenoxy) is 1. The number of aryl methyl sites for hydroxylation is 3. The van der Waals surface area contributed by atoms with Crippen LogP contribution in [0.5, 0.6) is 0 Å². The number of hydrogen-bond acceptors (Lipinski definition) is 5. The minimum absolute atomic E-state index is 0.284. The number of fused-ring (bicyclic) bond motifs is 1. The van der Waals surface area contributed by atoms with Crippen LogP contribution in [0.15, 0.2) is 18.3 Å². The number of hydrogen-bond donors (Lipinski definition) is 1. The van der Waals surface area contributed by atoms with Gasteiger partial charge in [-0.05, 0) is 51.8 Å². The number of esters is 1. The molecule has 0 aromatic carbocycles. The molecule has 0 bridgehead atoms. The molecular formula is C19H21N3O3S. The maximum atomic E-state index is 13.0. The number of amides is 1. The molecule has 0 spiro atoms. The number of aromatic nitrogens is 2. The quantitative estimate of drug-likeness (QED) is 0.702. The molecule has 26 heavy (non-hydrogen) atoms. The lowest BCUT2D eigenvalue weighted by Gasteiger charge is -2.08. The van der Waals surface area contributed by atoms with Crippen LogP contribution in [-0.2, 0) is 4.74 Å². The molecule has 0 fully saturated rings. The molecule has 0 unspecified atom stereocenters. The third-order valence-electron chi connectivity index (χ3n) is 4.33. The van der Waals surface area contributed by atoms with Gasteiger partial charge in [-0.1, -0.05) is 6.07 Å². The average Bonchev–Trinajstić information content (AvgIpc) is 3.05. The lowest BCUT2D eigenvalue weighted by atomic mass is 10.1. The van der Waals surface area contributed by atoms with Gasteiger partial charge in [-0.15, -0.1) is 11.3 Å². The van der Waals surface area contributed by atoms with Gasteiger partial charge in [0.2, 0.25) is 0 Å². The van der Waals surface area contributed by atoms with E-state index in [1.807, 2.05) is 39.1 Å². The first-order chi connectivity index (χ1) is 12.3. The first-order valence-electron chi connectivity index (χ1n) is 8.37. The topological polar surface area (TPSA) is 72.7 Å². The van der Waals surface area contributed by atoms with E-state index in [-0.39, 0.29) is 12.5 Å². The molecule has 0 aliphatic heterocycles. The second kappa shape index (κ2) is 6.92. The van der Waals surface area contributed by atoms with Crippen molar-refractivity contribution in [3.8, 4) is 0 Å².